The first-order valence-corrected chi connectivity index (χ1v) is 7.65. The smallest absolute Gasteiger partial charge is 0.276 e. The highest BCUT2D eigenvalue weighted by Gasteiger charge is 2.16. The molecule has 3 aromatic rings. The molecule has 0 spiro atoms. The molecule has 1 N–H and O–H groups in total. The van der Waals surface area contributed by atoms with Gasteiger partial charge in [-0.25, -0.2) is 8.78 Å². The molecule has 0 aliphatic rings. The minimum Gasteiger partial charge on any atom is -0.471 e. The Morgan fingerprint density at radius 2 is 2.12 bits per heavy atom. The van der Waals surface area contributed by atoms with Crippen LogP contribution in [0.3, 0.4) is 0 Å². The molecule has 0 amide bonds. The Bertz CT molecular complexity index is 958. The van der Waals surface area contributed by atoms with Crippen LogP contribution in [0.15, 0.2) is 35.3 Å². The second-order valence-electron chi connectivity index (χ2n) is 5.28. The van der Waals surface area contributed by atoms with Gasteiger partial charge in [0.1, 0.15) is 24.1 Å². The van der Waals surface area contributed by atoms with Gasteiger partial charge < -0.3 is 4.74 Å². The lowest BCUT2D eigenvalue weighted by Gasteiger charge is -2.12. The van der Waals surface area contributed by atoms with E-state index in [1.165, 1.54) is 10.6 Å². The van der Waals surface area contributed by atoms with Gasteiger partial charge in [0.2, 0.25) is 5.88 Å². The highest BCUT2D eigenvalue weighted by molar-refractivity contribution is 6.31. The summed E-state index contributed by atoms with van der Waals surface area (Å²) in [6.45, 7) is 1.62. The first-order chi connectivity index (χ1) is 12.0. The summed E-state index contributed by atoms with van der Waals surface area (Å²) in [5.41, 5.74) is 0.349. The Morgan fingerprint density at radius 1 is 1.32 bits per heavy atom. The second-order valence-corrected chi connectivity index (χ2v) is 5.65. The number of aromatic amines is 1. The molecule has 0 aliphatic heterocycles. The van der Waals surface area contributed by atoms with Crippen molar-refractivity contribution < 1.29 is 13.5 Å². The van der Waals surface area contributed by atoms with E-state index in [2.05, 4.69) is 15.2 Å². The predicted molar refractivity (Wildman–Crippen MR) is 86.6 cm³/mol. The van der Waals surface area contributed by atoms with Gasteiger partial charge in [-0.2, -0.15) is 10.1 Å². The molecule has 130 valence electrons. The van der Waals surface area contributed by atoms with Crippen molar-refractivity contribution in [1.29, 1.82) is 0 Å². The molecule has 0 saturated carbocycles. The third-order valence-electron chi connectivity index (χ3n) is 3.54. The minimum absolute atomic E-state index is 0.103. The van der Waals surface area contributed by atoms with Crippen LogP contribution in [0.2, 0.25) is 5.02 Å². The molecule has 0 radical (unpaired) electrons. The van der Waals surface area contributed by atoms with E-state index in [1.54, 1.807) is 19.2 Å². The summed E-state index contributed by atoms with van der Waals surface area (Å²) < 4.78 is 33.3. The van der Waals surface area contributed by atoms with Gasteiger partial charge in [0, 0.05) is 17.8 Å². The fourth-order valence-electron chi connectivity index (χ4n) is 2.22. The van der Waals surface area contributed by atoms with Crippen molar-refractivity contribution in [2.45, 2.75) is 20.1 Å². The van der Waals surface area contributed by atoms with Gasteiger partial charge in [-0.05, 0) is 25.1 Å². The molecule has 9 heteroatoms. The van der Waals surface area contributed by atoms with Crippen LogP contribution in [0.5, 0.6) is 5.88 Å². The van der Waals surface area contributed by atoms with Crippen molar-refractivity contribution in [3.05, 3.63) is 74.6 Å². The number of aromatic nitrogens is 4. The number of benzene rings is 1. The average molecular weight is 367 g/mol. The van der Waals surface area contributed by atoms with Crippen LogP contribution >= 0.6 is 11.6 Å². The summed E-state index contributed by atoms with van der Waals surface area (Å²) >= 11 is 6.04. The first kappa shape index (κ1) is 17.1. The van der Waals surface area contributed by atoms with E-state index in [0.717, 1.165) is 12.1 Å². The molecule has 0 bridgehead atoms. The lowest BCUT2D eigenvalue weighted by atomic mass is 10.2. The summed E-state index contributed by atoms with van der Waals surface area (Å²) in [5, 5.41) is 6.35. The molecule has 25 heavy (non-hydrogen) atoms. The summed E-state index contributed by atoms with van der Waals surface area (Å²) in [5.74, 6) is -1.16. The normalized spacial score (nSPS) is 10.9. The lowest BCUT2D eigenvalue weighted by molar-refractivity contribution is 0.285. The number of H-pyrrole nitrogens is 1. The largest absolute Gasteiger partial charge is 0.471 e. The van der Waals surface area contributed by atoms with Crippen LogP contribution < -0.4 is 10.3 Å². The van der Waals surface area contributed by atoms with E-state index >= 15 is 0 Å². The highest BCUT2D eigenvalue weighted by Crippen LogP contribution is 2.20. The summed E-state index contributed by atoms with van der Waals surface area (Å²) in [6.07, 6.45) is 1.57. The Hall–Kier alpha value is -2.74. The SMILES string of the molecule is Cc1nc(OCc2ccc(F)cc2F)c(Cl)c(=O)n1Cc1ccn[nH]1. The van der Waals surface area contributed by atoms with Crippen molar-refractivity contribution in [2.75, 3.05) is 0 Å². The first-order valence-electron chi connectivity index (χ1n) is 7.27. The maximum Gasteiger partial charge on any atom is 0.276 e. The minimum atomic E-state index is -0.750. The Morgan fingerprint density at radius 3 is 2.80 bits per heavy atom. The van der Waals surface area contributed by atoms with Gasteiger partial charge in [-0.15, -0.1) is 0 Å². The van der Waals surface area contributed by atoms with E-state index in [1.807, 2.05) is 0 Å². The number of nitrogens with zero attached hydrogens (tertiary/aromatic N) is 3. The fourth-order valence-corrected chi connectivity index (χ4v) is 2.42. The van der Waals surface area contributed by atoms with Crippen LogP contribution in [0.1, 0.15) is 17.1 Å². The van der Waals surface area contributed by atoms with Gasteiger partial charge in [0.25, 0.3) is 5.56 Å². The number of halogens is 3. The number of aryl methyl sites for hydroxylation is 1. The number of hydrogen-bond donors (Lipinski definition) is 1. The zero-order valence-corrected chi connectivity index (χ0v) is 13.8. The van der Waals surface area contributed by atoms with Crippen LogP contribution in [-0.4, -0.2) is 19.7 Å². The molecule has 0 atom stereocenters. The van der Waals surface area contributed by atoms with Crippen molar-refractivity contribution in [2.24, 2.45) is 0 Å². The van der Waals surface area contributed by atoms with E-state index in [4.69, 9.17) is 16.3 Å². The van der Waals surface area contributed by atoms with Gasteiger partial charge in [-0.3, -0.25) is 14.5 Å². The van der Waals surface area contributed by atoms with Gasteiger partial charge in [0.05, 0.1) is 12.2 Å². The molecule has 2 aromatic heterocycles. The van der Waals surface area contributed by atoms with Crippen molar-refractivity contribution in [1.82, 2.24) is 19.7 Å². The maximum absolute atomic E-state index is 13.6. The van der Waals surface area contributed by atoms with E-state index < -0.39 is 17.2 Å². The number of rotatable bonds is 5. The Labute approximate surface area is 146 Å². The van der Waals surface area contributed by atoms with Crippen LogP contribution in [0.4, 0.5) is 8.78 Å². The molecule has 0 saturated heterocycles. The number of nitrogens with one attached hydrogen (secondary N) is 1. The van der Waals surface area contributed by atoms with Gasteiger partial charge >= 0.3 is 0 Å². The lowest BCUT2D eigenvalue weighted by Crippen LogP contribution is -2.25. The molecule has 0 fully saturated rings. The Kier molecular flexibility index (Phi) is 4.80. The summed E-state index contributed by atoms with van der Waals surface area (Å²) in [4.78, 5) is 16.6. The fraction of sp³-hybridized carbons (Fsp3) is 0.188. The standard InChI is InChI=1S/C16H13ClF2N4O2/c1-9-21-15(25-8-10-2-3-11(18)6-13(10)19)14(17)16(24)23(9)7-12-4-5-20-22-12/h2-6H,7-8H2,1H3,(H,20,22). The monoisotopic (exact) mass is 366 g/mol. The quantitative estimate of drug-likeness (QED) is 0.753. The topological polar surface area (TPSA) is 72.8 Å². The van der Waals surface area contributed by atoms with Crippen molar-refractivity contribution in [3.63, 3.8) is 0 Å². The molecule has 6 nitrogen and oxygen atoms in total. The van der Waals surface area contributed by atoms with Crippen molar-refractivity contribution >= 4 is 11.6 Å². The predicted octanol–water partition coefficient (Wildman–Crippen LogP) is 2.83. The van der Waals surface area contributed by atoms with E-state index in [9.17, 15) is 13.6 Å². The van der Waals surface area contributed by atoms with Crippen molar-refractivity contribution in [3.8, 4) is 5.88 Å². The average Bonchev–Trinajstić information content (AvgIpc) is 3.08. The van der Waals surface area contributed by atoms with E-state index in [-0.39, 0.29) is 29.6 Å². The van der Waals surface area contributed by atoms with Crippen LogP contribution in [0.25, 0.3) is 0 Å². The summed E-state index contributed by atoms with van der Waals surface area (Å²) in [7, 11) is 0. The Balaban J connectivity index is 1.84. The second kappa shape index (κ2) is 7.02. The van der Waals surface area contributed by atoms with Crippen LogP contribution in [0, 0.1) is 18.6 Å². The third kappa shape index (κ3) is 3.69. The molecular formula is C16H13ClF2N4O2. The molecule has 0 unspecified atom stereocenters. The number of ether oxygens (including phenoxy) is 1. The summed E-state index contributed by atoms with van der Waals surface area (Å²) in [6, 6.07) is 4.85. The van der Waals surface area contributed by atoms with E-state index in [0.29, 0.717) is 11.5 Å². The molecular weight excluding hydrogens is 354 g/mol. The highest BCUT2D eigenvalue weighted by atomic mass is 35.5. The molecule has 1 aromatic carbocycles. The van der Waals surface area contributed by atoms with Gasteiger partial charge in [0.15, 0.2) is 5.02 Å². The number of hydrogen-bond acceptors (Lipinski definition) is 4. The molecule has 0 aliphatic carbocycles. The third-order valence-corrected chi connectivity index (χ3v) is 3.86. The zero-order valence-electron chi connectivity index (χ0n) is 13.1. The van der Waals surface area contributed by atoms with Crippen LogP contribution in [-0.2, 0) is 13.2 Å². The molecule has 2 heterocycles. The maximum atomic E-state index is 13.6. The van der Waals surface area contributed by atoms with Gasteiger partial charge in [-0.1, -0.05) is 11.6 Å². The molecule has 3 rings (SSSR count). The zero-order chi connectivity index (χ0) is 18.0.